The maximum atomic E-state index is 12.7. The summed E-state index contributed by atoms with van der Waals surface area (Å²) in [6, 6.07) is 5.88. The normalized spacial score (nSPS) is 19.8. The molecule has 8 nitrogen and oxygen atoms in total. The molecule has 1 aromatic heterocycles. The number of carbonyl (C=O) groups excluding carboxylic acids is 1. The molecule has 2 aromatic rings. The molecule has 1 aromatic carbocycles. The first-order chi connectivity index (χ1) is 14.0. The van der Waals surface area contributed by atoms with E-state index in [4.69, 9.17) is 5.73 Å². The molecule has 0 radical (unpaired) electrons. The van der Waals surface area contributed by atoms with Gasteiger partial charge in [0.1, 0.15) is 5.56 Å². The molecule has 12 heteroatoms. The number of rotatable bonds is 5. The summed E-state index contributed by atoms with van der Waals surface area (Å²) in [4.78, 5) is 10.9. The van der Waals surface area contributed by atoms with Crippen molar-refractivity contribution in [2.45, 2.75) is 42.1 Å². The molecule has 1 fully saturated rings. The third-order valence-corrected chi connectivity index (χ3v) is 6.47. The Hall–Kier alpha value is -3.07. The quantitative estimate of drug-likeness (QED) is 0.732. The Balaban J connectivity index is 1.89. The van der Waals surface area contributed by atoms with Crippen LogP contribution in [0.4, 0.5) is 24.7 Å². The summed E-state index contributed by atoms with van der Waals surface area (Å²) < 4.78 is 62.4. The van der Waals surface area contributed by atoms with Gasteiger partial charge in [0, 0.05) is 11.9 Å². The number of alkyl halides is 3. The number of halogens is 3. The third kappa shape index (κ3) is 4.11. The van der Waals surface area contributed by atoms with Crippen LogP contribution in [0.3, 0.4) is 0 Å². The van der Waals surface area contributed by atoms with E-state index in [2.05, 4.69) is 16.5 Å². The van der Waals surface area contributed by atoms with E-state index in [-0.39, 0.29) is 29.0 Å². The van der Waals surface area contributed by atoms with Gasteiger partial charge in [-0.05, 0) is 37.1 Å². The monoisotopic (exact) mass is 441 g/mol. The van der Waals surface area contributed by atoms with E-state index in [0.29, 0.717) is 12.8 Å². The number of hydrogen-bond donors (Lipinski definition) is 2. The van der Waals surface area contributed by atoms with Crippen LogP contribution in [-0.2, 0) is 9.84 Å². The number of nitrogens with zero attached hydrogens (tertiary/aromatic N) is 3. The van der Waals surface area contributed by atoms with Gasteiger partial charge in [-0.3, -0.25) is 9.48 Å². The zero-order valence-corrected chi connectivity index (χ0v) is 16.4. The molecule has 30 heavy (non-hydrogen) atoms. The van der Waals surface area contributed by atoms with Gasteiger partial charge >= 0.3 is 5.51 Å². The van der Waals surface area contributed by atoms with Crippen molar-refractivity contribution in [3.8, 4) is 6.07 Å². The van der Waals surface area contributed by atoms with E-state index in [1.165, 1.54) is 10.9 Å². The predicted molar refractivity (Wildman–Crippen MR) is 100 cm³/mol. The minimum Gasteiger partial charge on any atom is -0.365 e. The highest BCUT2D eigenvalue weighted by molar-refractivity contribution is 7.92. The molecule has 0 bridgehead atoms. The van der Waals surface area contributed by atoms with Crippen LogP contribution in [0.1, 0.15) is 42.1 Å². The van der Waals surface area contributed by atoms with Crippen molar-refractivity contribution in [3.05, 3.63) is 36.0 Å². The summed E-state index contributed by atoms with van der Waals surface area (Å²) in [7, 11) is -5.46. The molecule has 1 amide bonds. The Morgan fingerprint density at radius 2 is 1.87 bits per heavy atom. The van der Waals surface area contributed by atoms with Crippen molar-refractivity contribution in [1.82, 2.24) is 9.78 Å². The Morgan fingerprint density at radius 3 is 2.43 bits per heavy atom. The maximum Gasteiger partial charge on any atom is 0.501 e. The van der Waals surface area contributed by atoms with Gasteiger partial charge in [0.2, 0.25) is 0 Å². The van der Waals surface area contributed by atoms with Crippen molar-refractivity contribution >= 4 is 27.2 Å². The van der Waals surface area contributed by atoms with Crippen LogP contribution in [0.25, 0.3) is 0 Å². The number of nitriles is 1. The Morgan fingerprint density at radius 1 is 1.23 bits per heavy atom. The fourth-order valence-electron chi connectivity index (χ4n) is 3.40. The van der Waals surface area contributed by atoms with Gasteiger partial charge in [-0.1, -0.05) is 12.8 Å². The zero-order valence-electron chi connectivity index (χ0n) is 15.6. The number of hydrogen-bond acceptors (Lipinski definition) is 6. The smallest absolute Gasteiger partial charge is 0.365 e. The molecule has 1 unspecified atom stereocenters. The van der Waals surface area contributed by atoms with Crippen molar-refractivity contribution in [2.24, 2.45) is 11.7 Å². The third-order valence-electron chi connectivity index (χ3n) is 4.96. The largest absolute Gasteiger partial charge is 0.501 e. The van der Waals surface area contributed by atoms with Gasteiger partial charge < -0.3 is 11.1 Å². The summed E-state index contributed by atoms with van der Waals surface area (Å²) in [6.45, 7) is 0. The molecule has 3 N–H and O–H groups in total. The summed E-state index contributed by atoms with van der Waals surface area (Å²) in [6.07, 6.45) is 4.70. The van der Waals surface area contributed by atoms with Gasteiger partial charge in [0.25, 0.3) is 15.7 Å². The number of nitrogens with two attached hydrogens (primary N) is 1. The number of nitrogens with one attached hydrogen (secondary N) is 1. The van der Waals surface area contributed by atoms with E-state index < -0.39 is 26.1 Å². The average Bonchev–Trinajstić information content (AvgIpc) is 3.11. The second-order valence-electron chi connectivity index (χ2n) is 6.92. The summed E-state index contributed by atoms with van der Waals surface area (Å²) in [5.41, 5.74) is 0.258. The summed E-state index contributed by atoms with van der Waals surface area (Å²) in [5.74, 6) is -0.973. The first kappa shape index (κ1) is 21.6. The molecule has 1 heterocycles. The standard InChI is InChI=1S/C18H18F3N5O3S/c19-18(20,21)30(28,29)13-7-5-12(6-8-13)24-17-14(16(23)27)10-26(25-17)15-4-2-1-3-11(15)9-22/h5-8,10-11,15H,1-4H2,(H2,23,27)(H,24,25)/t11?,15-/m0/s1. The van der Waals surface area contributed by atoms with Crippen LogP contribution in [0, 0.1) is 17.2 Å². The first-order valence-electron chi connectivity index (χ1n) is 9.01. The second-order valence-corrected chi connectivity index (χ2v) is 8.86. The molecule has 1 saturated carbocycles. The molecule has 2 atom stereocenters. The maximum absolute atomic E-state index is 12.7. The molecule has 1 aliphatic rings. The van der Waals surface area contributed by atoms with E-state index in [9.17, 15) is 31.6 Å². The van der Waals surface area contributed by atoms with Gasteiger partial charge in [-0.15, -0.1) is 0 Å². The van der Waals surface area contributed by atoms with Gasteiger partial charge in [-0.25, -0.2) is 8.42 Å². The minimum absolute atomic E-state index is 0.0456. The second kappa shape index (κ2) is 7.98. The van der Waals surface area contributed by atoms with E-state index >= 15 is 0 Å². The number of carbonyl (C=O) groups is 1. The van der Waals surface area contributed by atoms with Crippen molar-refractivity contribution in [2.75, 3.05) is 5.32 Å². The highest BCUT2D eigenvalue weighted by atomic mass is 32.2. The lowest BCUT2D eigenvalue weighted by molar-refractivity contribution is -0.0436. The molecule has 0 aliphatic heterocycles. The average molecular weight is 441 g/mol. The predicted octanol–water partition coefficient (Wildman–Crippen LogP) is 3.27. The number of primary amides is 1. The Labute approximate surface area is 170 Å². The van der Waals surface area contributed by atoms with E-state index in [1.54, 1.807) is 0 Å². The van der Waals surface area contributed by atoms with Gasteiger partial charge in [0.05, 0.1) is 22.9 Å². The van der Waals surface area contributed by atoms with E-state index in [1.807, 2.05) is 0 Å². The lowest BCUT2D eigenvalue weighted by Gasteiger charge is -2.26. The highest BCUT2D eigenvalue weighted by Gasteiger charge is 2.46. The van der Waals surface area contributed by atoms with Crippen LogP contribution < -0.4 is 11.1 Å². The molecule has 0 saturated heterocycles. The number of aromatic nitrogens is 2. The zero-order chi connectivity index (χ0) is 22.1. The van der Waals surface area contributed by atoms with Crippen molar-refractivity contribution in [3.63, 3.8) is 0 Å². The number of amides is 1. The lowest BCUT2D eigenvalue weighted by Crippen LogP contribution is -2.23. The number of anilines is 2. The summed E-state index contributed by atoms with van der Waals surface area (Å²) >= 11 is 0. The molecular formula is C18H18F3N5O3S. The molecule has 160 valence electrons. The molecule has 1 aliphatic carbocycles. The van der Waals surface area contributed by atoms with Crippen molar-refractivity contribution < 1.29 is 26.4 Å². The van der Waals surface area contributed by atoms with Crippen LogP contribution in [0.15, 0.2) is 35.4 Å². The minimum atomic E-state index is -5.46. The SMILES string of the molecule is N#CC1CCCC[C@@H]1n1cc(C(N)=O)c(Nc2ccc(S(=O)(=O)C(F)(F)F)cc2)n1. The van der Waals surface area contributed by atoms with Gasteiger partial charge in [0.15, 0.2) is 5.82 Å². The fraction of sp³-hybridized carbons (Fsp3) is 0.389. The Kier molecular flexibility index (Phi) is 5.76. The van der Waals surface area contributed by atoms with Crippen LogP contribution >= 0.6 is 0 Å². The van der Waals surface area contributed by atoms with Crippen molar-refractivity contribution in [1.29, 1.82) is 5.26 Å². The van der Waals surface area contributed by atoms with E-state index in [0.717, 1.165) is 37.1 Å². The number of benzene rings is 1. The topological polar surface area (TPSA) is 131 Å². The number of sulfone groups is 1. The molecule has 0 spiro atoms. The van der Waals surface area contributed by atoms with Gasteiger partial charge in [-0.2, -0.15) is 23.5 Å². The highest BCUT2D eigenvalue weighted by Crippen LogP contribution is 2.35. The Bertz CT molecular complexity index is 1090. The van der Waals surface area contributed by atoms with Crippen LogP contribution in [0.5, 0.6) is 0 Å². The van der Waals surface area contributed by atoms with Crippen LogP contribution in [-0.4, -0.2) is 29.6 Å². The first-order valence-corrected chi connectivity index (χ1v) is 10.5. The lowest BCUT2D eigenvalue weighted by atomic mass is 9.85. The molecule has 3 rings (SSSR count). The molecular weight excluding hydrogens is 423 g/mol. The van der Waals surface area contributed by atoms with Crippen LogP contribution in [0.2, 0.25) is 0 Å². The summed E-state index contributed by atoms with van der Waals surface area (Å²) in [5, 5.41) is 16.5. The fourth-order valence-corrected chi connectivity index (χ4v) is 4.16.